The number of nitrogens with zero attached hydrogens (tertiary/aromatic N) is 4. The van der Waals surface area contributed by atoms with E-state index in [1.165, 1.54) is 0 Å². The number of nitrogens with one attached hydrogen (secondary N) is 1. The number of hydrogen-bond donors (Lipinski definition) is 1. The van der Waals surface area contributed by atoms with Gasteiger partial charge in [-0.15, -0.1) is 12.4 Å². The van der Waals surface area contributed by atoms with Crippen molar-refractivity contribution < 1.29 is 13.2 Å². The first-order chi connectivity index (χ1) is 13.7. The molecule has 1 aromatic heterocycles. The SMILES string of the molecule is CN(CCN(C)c1nc2ccccc2n1C)C(=O)c1ccc(NS(C)(=O)=O)cc1.Cl. The van der Waals surface area contributed by atoms with Crippen LogP contribution in [0.2, 0.25) is 0 Å². The van der Waals surface area contributed by atoms with Gasteiger partial charge in [0.05, 0.1) is 17.3 Å². The molecular formula is C20H26ClN5O3S. The van der Waals surface area contributed by atoms with E-state index in [9.17, 15) is 13.2 Å². The largest absolute Gasteiger partial charge is 0.344 e. The summed E-state index contributed by atoms with van der Waals surface area (Å²) in [5, 5.41) is 0. The maximum absolute atomic E-state index is 12.6. The minimum absolute atomic E-state index is 0. The number of halogens is 1. The molecule has 0 saturated carbocycles. The zero-order valence-corrected chi connectivity index (χ0v) is 19.0. The average Bonchev–Trinajstić information content (AvgIpc) is 3.02. The van der Waals surface area contributed by atoms with Gasteiger partial charge in [0.1, 0.15) is 0 Å². The van der Waals surface area contributed by atoms with Gasteiger partial charge in [-0.2, -0.15) is 0 Å². The van der Waals surface area contributed by atoms with Crippen molar-refractivity contribution in [2.24, 2.45) is 7.05 Å². The van der Waals surface area contributed by atoms with E-state index in [-0.39, 0.29) is 18.3 Å². The van der Waals surface area contributed by atoms with Crippen LogP contribution in [0.25, 0.3) is 11.0 Å². The second-order valence-corrected chi connectivity index (χ2v) is 8.81. The van der Waals surface area contributed by atoms with Crippen LogP contribution in [0.5, 0.6) is 0 Å². The molecule has 0 spiro atoms. The van der Waals surface area contributed by atoms with Crippen LogP contribution < -0.4 is 9.62 Å². The van der Waals surface area contributed by atoms with Crippen molar-refractivity contribution in [2.45, 2.75) is 0 Å². The lowest BCUT2D eigenvalue weighted by molar-refractivity contribution is 0.0798. The van der Waals surface area contributed by atoms with Crippen molar-refractivity contribution >= 4 is 51.0 Å². The van der Waals surface area contributed by atoms with Gasteiger partial charge < -0.3 is 14.4 Å². The Bertz CT molecular complexity index is 1130. The number of carbonyl (C=O) groups excluding carboxylic acids is 1. The summed E-state index contributed by atoms with van der Waals surface area (Å²) < 4.78 is 27.0. The molecule has 0 radical (unpaired) electrons. The molecule has 30 heavy (non-hydrogen) atoms. The lowest BCUT2D eigenvalue weighted by Gasteiger charge is -2.23. The number of fused-ring (bicyclic) bond motifs is 1. The first-order valence-corrected chi connectivity index (χ1v) is 11.0. The fourth-order valence-electron chi connectivity index (χ4n) is 3.09. The smallest absolute Gasteiger partial charge is 0.253 e. The van der Waals surface area contributed by atoms with Crippen molar-refractivity contribution in [1.29, 1.82) is 0 Å². The first-order valence-electron chi connectivity index (χ1n) is 9.11. The maximum atomic E-state index is 12.6. The normalized spacial score (nSPS) is 11.1. The molecule has 2 aromatic carbocycles. The summed E-state index contributed by atoms with van der Waals surface area (Å²) in [4.78, 5) is 21.0. The number of aromatic nitrogens is 2. The van der Waals surface area contributed by atoms with Gasteiger partial charge in [-0.25, -0.2) is 13.4 Å². The molecule has 3 aromatic rings. The number of aryl methyl sites for hydroxylation is 1. The van der Waals surface area contributed by atoms with Crippen LogP contribution in [-0.4, -0.2) is 62.2 Å². The summed E-state index contributed by atoms with van der Waals surface area (Å²) >= 11 is 0. The molecule has 0 aliphatic heterocycles. The molecule has 1 heterocycles. The minimum atomic E-state index is -3.34. The Kier molecular flexibility index (Phi) is 7.33. The lowest BCUT2D eigenvalue weighted by atomic mass is 10.2. The second-order valence-electron chi connectivity index (χ2n) is 7.06. The van der Waals surface area contributed by atoms with Gasteiger partial charge in [0.25, 0.3) is 5.91 Å². The molecular weight excluding hydrogens is 426 g/mol. The Balaban J connectivity index is 0.00000320. The number of likely N-dealkylation sites (N-methyl/N-ethyl adjacent to an activating group) is 2. The lowest BCUT2D eigenvalue weighted by Crippen LogP contribution is -2.35. The van der Waals surface area contributed by atoms with Crippen molar-refractivity contribution in [1.82, 2.24) is 14.5 Å². The number of hydrogen-bond acceptors (Lipinski definition) is 5. The van der Waals surface area contributed by atoms with E-state index < -0.39 is 10.0 Å². The highest BCUT2D eigenvalue weighted by molar-refractivity contribution is 7.92. The molecule has 10 heteroatoms. The summed E-state index contributed by atoms with van der Waals surface area (Å²) in [7, 11) is 2.32. The molecule has 0 bridgehead atoms. The van der Waals surface area contributed by atoms with Crippen LogP contribution in [0, 0.1) is 0 Å². The van der Waals surface area contributed by atoms with E-state index in [4.69, 9.17) is 0 Å². The highest BCUT2D eigenvalue weighted by Gasteiger charge is 2.15. The van der Waals surface area contributed by atoms with E-state index >= 15 is 0 Å². The van der Waals surface area contributed by atoms with Gasteiger partial charge in [0.2, 0.25) is 16.0 Å². The average molecular weight is 452 g/mol. The predicted octanol–water partition coefficient (Wildman–Crippen LogP) is 2.58. The number of carbonyl (C=O) groups is 1. The number of anilines is 2. The van der Waals surface area contributed by atoms with Gasteiger partial charge in [0, 0.05) is 45.5 Å². The Morgan fingerprint density at radius 1 is 1.07 bits per heavy atom. The topological polar surface area (TPSA) is 87.5 Å². The summed E-state index contributed by atoms with van der Waals surface area (Å²) in [6, 6.07) is 14.3. The van der Waals surface area contributed by atoms with E-state index in [2.05, 4.69) is 9.71 Å². The molecule has 0 aliphatic carbocycles. The molecule has 162 valence electrons. The molecule has 0 fully saturated rings. The fourth-order valence-corrected chi connectivity index (χ4v) is 3.66. The van der Waals surface area contributed by atoms with E-state index in [1.807, 2.05) is 47.8 Å². The third-order valence-electron chi connectivity index (χ3n) is 4.66. The third-order valence-corrected chi connectivity index (χ3v) is 5.26. The molecule has 1 amide bonds. The van der Waals surface area contributed by atoms with Crippen molar-refractivity contribution in [3.05, 3.63) is 54.1 Å². The molecule has 0 unspecified atom stereocenters. The first kappa shape index (κ1) is 23.5. The molecule has 8 nitrogen and oxygen atoms in total. The van der Waals surface area contributed by atoms with Crippen LogP contribution in [0.3, 0.4) is 0 Å². The summed E-state index contributed by atoms with van der Waals surface area (Å²) in [5.41, 5.74) is 2.91. The van der Waals surface area contributed by atoms with Crippen molar-refractivity contribution in [3.63, 3.8) is 0 Å². The number of sulfonamides is 1. The molecule has 3 rings (SSSR count). The van der Waals surface area contributed by atoms with E-state index in [1.54, 1.807) is 36.2 Å². The third kappa shape index (κ3) is 5.43. The van der Waals surface area contributed by atoms with Crippen LogP contribution in [-0.2, 0) is 17.1 Å². The summed E-state index contributed by atoms with van der Waals surface area (Å²) in [5.74, 6) is 0.706. The molecule has 1 N–H and O–H groups in total. The Morgan fingerprint density at radius 3 is 2.30 bits per heavy atom. The predicted molar refractivity (Wildman–Crippen MR) is 123 cm³/mol. The number of imidazole rings is 1. The highest BCUT2D eigenvalue weighted by atomic mass is 35.5. The van der Waals surface area contributed by atoms with E-state index in [0.29, 0.717) is 24.3 Å². The van der Waals surface area contributed by atoms with Crippen molar-refractivity contribution in [3.8, 4) is 0 Å². The minimum Gasteiger partial charge on any atom is -0.344 e. The number of para-hydroxylation sites is 2. The Labute approximate surface area is 183 Å². The van der Waals surface area contributed by atoms with Gasteiger partial charge in [-0.1, -0.05) is 12.1 Å². The maximum Gasteiger partial charge on any atom is 0.253 e. The fraction of sp³-hybridized carbons (Fsp3) is 0.300. The molecule has 0 saturated heterocycles. The Morgan fingerprint density at radius 2 is 1.70 bits per heavy atom. The van der Waals surface area contributed by atoms with Gasteiger partial charge in [-0.3, -0.25) is 9.52 Å². The number of benzene rings is 2. The van der Waals surface area contributed by atoms with Crippen LogP contribution >= 0.6 is 12.4 Å². The second kappa shape index (κ2) is 9.36. The van der Waals surface area contributed by atoms with E-state index in [0.717, 1.165) is 23.2 Å². The van der Waals surface area contributed by atoms with Crippen LogP contribution in [0.1, 0.15) is 10.4 Å². The summed E-state index contributed by atoms with van der Waals surface area (Å²) in [6.07, 6.45) is 1.08. The number of rotatable bonds is 7. The zero-order valence-electron chi connectivity index (χ0n) is 17.4. The summed E-state index contributed by atoms with van der Waals surface area (Å²) in [6.45, 7) is 1.13. The van der Waals surface area contributed by atoms with Gasteiger partial charge in [0.15, 0.2) is 0 Å². The van der Waals surface area contributed by atoms with Crippen molar-refractivity contribution in [2.75, 3.05) is 43.1 Å². The zero-order chi connectivity index (χ0) is 21.2. The monoisotopic (exact) mass is 451 g/mol. The van der Waals surface area contributed by atoms with Gasteiger partial charge in [-0.05, 0) is 36.4 Å². The van der Waals surface area contributed by atoms with Crippen LogP contribution in [0.4, 0.5) is 11.6 Å². The molecule has 0 aliphatic rings. The van der Waals surface area contributed by atoms with Crippen LogP contribution in [0.15, 0.2) is 48.5 Å². The standard InChI is InChI=1S/C20H25N5O3S.ClH/c1-23(19(26)15-9-11-16(12-10-15)22-29(4,27)28)13-14-24(2)20-21-17-7-5-6-8-18(17)25(20)3;/h5-12,22H,13-14H2,1-4H3;1H. The number of amides is 1. The quantitative estimate of drug-likeness (QED) is 0.596. The highest BCUT2D eigenvalue weighted by Crippen LogP contribution is 2.20. The molecule has 0 atom stereocenters. The Hall–Kier alpha value is -2.78. The van der Waals surface area contributed by atoms with Gasteiger partial charge >= 0.3 is 0 Å².